The Morgan fingerprint density at radius 2 is 1.70 bits per heavy atom. The normalized spacial score (nSPS) is 14.5. The van der Waals surface area contributed by atoms with Crippen molar-refractivity contribution in [3.05, 3.63) is 90.0 Å². The maximum Gasteiger partial charge on any atom is 0.284 e. The molecule has 1 heterocycles. The van der Waals surface area contributed by atoms with Crippen LogP contribution in [-0.4, -0.2) is 37.3 Å². The highest BCUT2D eigenvalue weighted by atomic mass is 16.6. The molecule has 1 aliphatic heterocycles. The zero-order chi connectivity index (χ0) is 22.9. The van der Waals surface area contributed by atoms with E-state index in [0.717, 1.165) is 11.1 Å². The Bertz CT molecular complexity index is 1120. The molecule has 0 saturated carbocycles. The van der Waals surface area contributed by atoms with Crippen LogP contribution in [0.1, 0.15) is 11.1 Å². The average Bonchev–Trinajstić information content (AvgIpc) is 2.87. The molecule has 0 aliphatic carbocycles. The molecule has 33 heavy (non-hydrogen) atoms. The van der Waals surface area contributed by atoms with Crippen molar-refractivity contribution >= 4 is 18.0 Å². The topological polar surface area (TPSA) is 98.2 Å². The van der Waals surface area contributed by atoms with E-state index < -0.39 is 12.0 Å². The number of benzene rings is 3. The van der Waals surface area contributed by atoms with E-state index in [9.17, 15) is 9.59 Å². The summed E-state index contributed by atoms with van der Waals surface area (Å²) in [6, 6.07) is 23.8. The molecule has 168 valence electrons. The van der Waals surface area contributed by atoms with Crippen LogP contribution in [0.25, 0.3) is 0 Å². The zero-order valence-electron chi connectivity index (χ0n) is 17.8. The van der Waals surface area contributed by atoms with E-state index in [-0.39, 0.29) is 19.1 Å². The fourth-order valence-electron chi connectivity index (χ4n) is 3.04. The SMILES string of the molecule is O=C(COc1ccc(/C=N\NC(=O)[C@@H]2COc3ccccc3O2)cc1)NCc1ccccc1. The molecule has 8 nitrogen and oxygen atoms in total. The number of carbonyl (C=O) groups excluding carboxylic acids is 2. The van der Waals surface area contributed by atoms with Gasteiger partial charge in [0.25, 0.3) is 11.8 Å². The minimum Gasteiger partial charge on any atom is -0.485 e. The number of hydrogen-bond donors (Lipinski definition) is 2. The molecular weight excluding hydrogens is 422 g/mol. The second-order valence-electron chi connectivity index (χ2n) is 7.22. The number of hydrazone groups is 1. The summed E-state index contributed by atoms with van der Waals surface area (Å²) in [7, 11) is 0. The molecule has 1 aliphatic rings. The van der Waals surface area contributed by atoms with Crippen LogP contribution in [0.15, 0.2) is 84.0 Å². The molecule has 0 bridgehead atoms. The molecule has 1 atom stereocenters. The van der Waals surface area contributed by atoms with Crippen molar-refractivity contribution in [1.29, 1.82) is 0 Å². The summed E-state index contributed by atoms with van der Waals surface area (Å²) in [5.74, 6) is 1.08. The number of nitrogens with zero attached hydrogens (tertiary/aromatic N) is 1. The van der Waals surface area contributed by atoms with Gasteiger partial charge in [0.15, 0.2) is 18.1 Å². The largest absolute Gasteiger partial charge is 0.485 e. The van der Waals surface area contributed by atoms with Crippen LogP contribution >= 0.6 is 0 Å². The molecule has 4 rings (SSSR count). The predicted molar refractivity (Wildman–Crippen MR) is 122 cm³/mol. The van der Waals surface area contributed by atoms with Gasteiger partial charge >= 0.3 is 0 Å². The molecule has 0 radical (unpaired) electrons. The van der Waals surface area contributed by atoms with Gasteiger partial charge in [-0.3, -0.25) is 9.59 Å². The third kappa shape index (κ3) is 6.33. The standard InChI is InChI=1S/C25H23N3O5/c29-24(26-14-18-6-2-1-3-7-18)17-31-20-12-10-19(11-13-20)15-27-28-25(30)23-16-32-21-8-4-5-9-22(21)33-23/h1-13,15,23H,14,16-17H2,(H,26,29)(H,28,30)/b27-15-/t23-/m0/s1. The Hall–Kier alpha value is -4.33. The van der Waals surface area contributed by atoms with E-state index >= 15 is 0 Å². The molecular formula is C25H23N3O5. The second kappa shape index (κ2) is 10.8. The molecule has 0 aromatic heterocycles. The first-order valence-corrected chi connectivity index (χ1v) is 10.4. The lowest BCUT2D eigenvalue weighted by molar-refractivity contribution is -0.130. The van der Waals surface area contributed by atoms with Crippen LogP contribution in [-0.2, 0) is 16.1 Å². The number of hydrogen-bond acceptors (Lipinski definition) is 6. The first kappa shape index (κ1) is 21.9. The highest BCUT2D eigenvalue weighted by molar-refractivity contribution is 5.85. The minimum absolute atomic E-state index is 0.0804. The van der Waals surface area contributed by atoms with Crippen LogP contribution < -0.4 is 25.0 Å². The number of rotatable bonds is 8. The van der Waals surface area contributed by atoms with Crippen LogP contribution in [0.3, 0.4) is 0 Å². The van der Waals surface area contributed by atoms with Gasteiger partial charge in [0.1, 0.15) is 12.4 Å². The summed E-state index contributed by atoms with van der Waals surface area (Å²) in [5.41, 5.74) is 4.23. The maximum absolute atomic E-state index is 12.3. The van der Waals surface area contributed by atoms with Gasteiger partial charge in [0.2, 0.25) is 6.10 Å². The Morgan fingerprint density at radius 3 is 2.48 bits per heavy atom. The molecule has 3 aromatic carbocycles. The zero-order valence-corrected chi connectivity index (χ0v) is 17.8. The van der Waals surface area contributed by atoms with Crippen molar-refractivity contribution in [3.63, 3.8) is 0 Å². The molecule has 0 unspecified atom stereocenters. The smallest absolute Gasteiger partial charge is 0.284 e. The molecule has 2 amide bonds. The summed E-state index contributed by atoms with van der Waals surface area (Å²) in [6.07, 6.45) is 0.729. The summed E-state index contributed by atoms with van der Waals surface area (Å²) in [5, 5.41) is 6.77. The van der Waals surface area contributed by atoms with Crippen LogP contribution in [0, 0.1) is 0 Å². The summed E-state index contributed by atoms with van der Waals surface area (Å²) in [4.78, 5) is 24.2. The number of carbonyl (C=O) groups is 2. The summed E-state index contributed by atoms with van der Waals surface area (Å²) < 4.78 is 16.7. The third-order valence-corrected chi connectivity index (χ3v) is 4.77. The van der Waals surface area contributed by atoms with E-state index in [1.807, 2.05) is 42.5 Å². The number of amides is 2. The molecule has 2 N–H and O–H groups in total. The van der Waals surface area contributed by atoms with Gasteiger partial charge < -0.3 is 19.5 Å². The Morgan fingerprint density at radius 1 is 0.970 bits per heavy atom. The van der Waals surface area contributed by atoms with E-state index in [0.29, 0.717) is 23.8 Å². The maximum atomic E-state index is 12.3. The summed E-state index contributed by atoms with van der Waals surface area (Å²) in [6.45, 7) is 0.487. The Kier molecular flexibility index (Phi) is 7.17. The first-order valence-electron chi connectivity index (χ1n) is 10.4. The third-order valence-electron chi connectivity index (χ3n) is 4.77. The van der Waals surface area contributed by atoms with Gasteiger partial charge in [0.05, 0.1) is 6.21 Å². The fraction of sp³-hybridized carbons (Fsp3) is 0.160. The van der Waals surface area contributed by atoms with Crippen molar-refractivity contribution < 1.29 is 23.8 Å². The molecule has 0 spiro atoms. The molecule has 8 heteroatoms. The highest BCUT2D eigenvalue weighted by Crippen LogP contribution is 2.30. The number of ether oxygens (including phenoxy) is 3. The van der Waals surface area contributed by atoms with Crippen LogP contribution in [0.2, 0.25) is 0 Å². The van der Waals surface area contributed by atoms with Gasteiger partial charge in [-0.05, 0) is 47.5 Å². The van der Waals surface area contributed by atoms with Crippen molar-refractivity contribution in [3.8, 4) is 17.2 Å². The lowest BCUT2D eigenvalue weighted by atomic mass is 10.2. The average molecular weight is 445 g/mol. The lowest BCUT2D eigenvalue weighted by Gasteiger charge is -2.24. The highest BCUT2D eigenvalue weighted by Gasteiger charge is 2.26. The van der Waals surface area contributed by atoms with Crippen molar-refractivity contribution in [1.82, 2.24) is 10.7 Å². The van der Waals surface area contributed by atoms with Crippen molar-refractivity contribution in [2.45, 2.75) is 12.6 Å². The molecule has 0 saturated heterocycles. The van der Waals surface area contributed by atoms with E-state index in [1.165, 1.54) is 6.21 Å². The quantitative estimate of drug-likeness (QED) is 0.410. The molecule has 3 aromatic rings. The Balaban J connectivity index is 1.19. The lowest BCUT2D eigenvalue weighted by Crippen LogP contribution is -2.42. The van der Waals surface area contributed by atoms with Gasteiger partial charge in [-0.15, -0.1) is 0 Å². The fourth-order valence-corrected chi connectivity index (χ4v) is 3.04. The Labute approximate surface area is 191 Å². The van der Waals surface area contributed by atoms with Gasteiger partial charge in [-0.25, -0.2) is 5.43 Å². The van der Waals surface area contributed by atoms with E-state index in [1.54, 1.807) is 36.4 Å². The van der Waals surface area contributed by atoms with Crippen molar-refractivity contribution in [2.24, 2.45) is 5.10 Å². The van der Waals surface area contributed by atoms with Gasteiger partial charge in [-0.2, -0.15) is 5.10 Å². The van der Waals surface area contributed by atoms with Gasteiger partial charge in [0, 0.05) is 6.54 Å². The monoisotopic (exact) mass is 445 g/mol. The molecule has 0 fully saturated rings. The minimum atomic E-state index is -0.777. The van der Waals surface area contributed by atoms with Crippen molar-refractivity contribution in [2.75, 3.05) is 13.2 Å². The van der Waals surface area contributed by atoms with Crippen LogP contribution in [0.5, 0.6) is 17.2 Å². The van der Waals surface area contributed by atoms with Gasteiger partial charge in [-0.1, -0.05) is 42.5 Å². The van der Waals surface area contributed by atoms with Crippen LogP contribution in [0.4, 0.5) is 0 Å². The second-order valence-corrected chi connectivity index (χ2v) is 7.22. The number of fused-ring (bicyclic) bond motifs is 1. The first-order chi connectivity index (χ1) is 16.2. The van der Waals surface area contributed by atoms with E-state index in [2.05, 4.69) is 15.8 Å². The predicted octanol–water partition coefficient (Wildman–Crippen LogP) is 2.67. The number of para-hydroxylation sites is 2. The van der Waals surface area contributed by atoms with E-state index in [4.69, 9.17) is 14.2 Å². The summed E-state index contributed by atoms with van der Waals surface area (Å²) >= 11 is 0. The number of nitrogens with one attached hydrogen (secondary N) is 2.